The molecule has 0 saturated heterocycles. The molecule has 1 aromatic heterocycles. The van der Waals surface area contributed by atoms with Crippen molar-refractivity contribution in [3.63, 3.8) is 0 Å². The summed E-state index contributed by atoms with van der Waals surface area (Å²) in [5.74, 6) is -1.35. The molecule has 0 bridgehead atoms. The average molecular weight is 327 g/mol. The van der Waals surface area contributed by atoms with Crippen LogP contribution in [0.25, 0.3) is 11.3 Å². The fourth-order valence-electron chi connectivity index (χ4n) is 1.95. The Morgan fingerprint density at radius 1 is 1.23 bits per heavy atom. The van der Waals surface area contributed by atoms with Crippen LogP contribution in [-0.2, 0) is 10.0 Å². The summed E-state index contributed by atoms with van der Waals surface area (Å²) in [7, 11) is -0.947. The van der Waals surface area contributed by atoms with E-state index in [4.69, 9.17) is 9.15 Å². The molecule has 0 atom stereocenters. The van der Waals surface area contributed by atoms with Gasteiger partial charge in [-0.25, -0.2) is 12.7 Å². The van der Waals surface area contributed by atoms with Crippen molar-refractivity contribution in [2.24, 2.45) is 0 Å². The summed E-state index contributed by atoms with van der Waals surface area (Å²) in [5.41, 5.74) is 0.395. The molecule has 0 radical (unpaired) electrons. The van der Waals surface area contributed by atoms with Crippen LogP contribution in [0.4, 0.5) is 5.88 Å². The minimum atomic E-state index is -3.64. The molecule has 0 aliphatic rings. The van der Waals surface area contributed by atoms with Crippen molar-refractivity contribution < 1.29 is 27.8 Å². The number of furan rings is 1. The lowest BCUT2D eigenvalue weighted by atomic mass is 10.1. The smallest absolute Gasteiger partial charge is 0.256 e. The maximum absolute atomic E-state index is 11.9. The molecule has 1 aromatic carbocycles. The molecule has 2 aromatic rings. The number of benzene rings is 1. The van der Waals surface area contributed by atoms with E-state index in [1.807, 2.05) is 0 Å². The Labute approximate surface area is 128 Å². The Kier molecular flexibility index (Phi) is 4.23. The van der Waals surface area contributed by atoms with Crippen LogP contribution >= 0.6 is 0 Å². The predicted octanol–water partition coefficient (Wildman–Crippen LogP) is 2.15. The number of ether oxygens (including phenoxy) is 1. The van der Waals surface area contributed by atoms with E-state index in [2.05, 4.69) is 0 Å². The van der Waals surface area contributed by atoms with Gasteiger partial charge in [-0.05, 0) is 19.1 Å². The number of rotatable bonds is 5. The van der Waals surface area contributed by atoms with Gasteiger partial charge in [0.2, 0.25) is 21.5 Å². The fourth-order valence-corrected chi connectivity index (χ4v) is 2.71. The number of methoxy groups -OCH3 is 1. The minimum absolute atomic E-state index is 0.0666. The fraction of sp³-hybridized carbons (Fsp3) is 0.286. The van der Waals surface area contributed by atoms with Crippen LogP contribution in [0.2, 0.25) is 0 Å². The van der Waals surface area contributed by atoms with Crippen molar-refractivity contribution in [3.05, 3.63) is 24.3 Å². The van der Waals surface area contributed by atoms with E-state index in [9.17, 15) is 18.6 Å². The molecule has 2 N–H and O–H groups in total. The molecule has 1 heterocycles. The van der Waals surface area contributed by atoms with Crippen LogP contribution in [0, 0.1) is 0 Å². The lowest BCUT2D eigenvalue weighted by molar-refractivity contribution is 0.406. The van der Waals surface area contributed by atoms with E-state index in [1.165, 1.54) is 21.1 Å². The van der Waals surface area contributed by atoms with Gasteiger partial charge in [0.05, 0.1) is 18.4 Å². The van der Waals surface area contributed by atoms with Crippen LogP contribution < -0.4 is 9.04 Å². The van der Waals surface area contributed by atoms with Crippen molar-refractivity contribution in [3.8, 4) is 28.6 Å². The van der Waals surface area contributed by atoms with Crippen LogP contribution in [0.1, 0.15) is 6.92 Å². The third kappa shape index (κ3) is 2.57. The second-order valence-electron chi connectivity index (χ2n) is 4.50. The van der Waals surface area contributed by atoms with Gasteiger partial charge in [-0.15, -0.1) is 0 Å². The van der Waals surface area contributed by atoms with E-state index in [0.717, 1.165) is 4.31 Å². The second-order valence-corrected chi connectivity index (χ2v) is 6.79. The molecule has 0 saturated carbocycles. The molecule has 7 nitrogen and oxygen atoms in total. The van der Waals surface area contributed by atoms with E-state index in [0.29, 0.717) is 11.3 Å². The first kappa shape index (κ1) is 16.0. The molecule has 22 heavy (non-hydrogen) atoms. The topological polar surface area (TPSA) is 100 Å². The lowest BCUT2D eigenvalue weighted by Gasteiger charge is -2.15. The van der Waals surface area contributed by atoms with Gasteiger partial charge in [-0.1, -0.05) is 12.1 Å². The van der Waals surface area contributed by atoms with Gasteiger partial charge in [0.15, 0.2) is 5.76 Å². The number of aromatic hydroxyl groups is 2. The molecule has 0 unspecified atom stereocenters. The zero-order chi connectivity index (χ0) is 16.5. The van der Waals surface area contributed by atoms with Crippen LogP contribution in [-0.4, -0.2) is 38.5 Å². The Morgan fingerprint density at radius 2 is 1.86 bits per heavy atom. The standard InChI is InChI=1S/C14H17NO6S/c1-4-22(18,19)15(2)14-12(17)11(16)13(21-14)9-7-5-6-8-10(9)20-3/h5-8,16-17H,4H2,1-3H3. The van der Waals surface area contributed by atoms with Crippen LogP contribution in [0.15, 0.2) is 28.7 Å². The van der Waals surface area contributed by atoms with E-state index in [-0.39, 0.29) is 17.4 Å². The van der Waals surface area contributed by atoms with Gasteiger partial charge in [-0.3, -0.25) is 0 Å². The first-order valence-electron chi connectivity index (χ1n) is 6.48. The number of hydrogen-bond donors (Lipinski definition) is 2. The Hall–Kier alpha value is -2.35. The third-order valence-electron chi connectivity index (χ3n) is 3.26. The first-order valence-corrected chi connectivity index (χ1v) is 8.09. The van der Waals surface area contributed by atoms with Crippen LogP contribution in [0.5, 0.6) is 17.2 Å². The van der Waals surface area contributed by atoms with Gasteiger partial charge < -0.3 is 19.4 Å². The van der Waals surface area contributed by atoms with Crippen molar-refractivity contribution in [2.75, 3.05) is 24.2 Å². The summed E-state index contributed by atoms with van der Waals surface area (Å²) < 4.78 is 35.1. The molecule has 2 rings (SSSR count). The van der Waals surface area contributed by atoms with E-state index >= 15 is 0 Å². The predicted molar refractivity (Wildman–Crippen MR) is 81.9 cm³/mol. The molecule has 0 fully saturated rings. The van der Waals surface area contributed by atoms with Gasteiger partial charge >= 0.3 is 0 Å². The summed E-state index contributed by atoms with van der Waals surface area (Å²) in [6, 6.07) is 6.70. The quantitative estimate of drug-likeness (QED) is 0.873. The van der Waals surface area contributed by atoms with Gasteiger partial charge in [0.25, 0.3) is 5.88 Å². The molecule has 120 valence electrons. The van der Waals surface area contributed by atoms with Gasteiger partial charge in [-0.2, -0.15) is 0 Å². The van der Waals surface area contributed by atoms with Crippen molar-refractivity contribution in [1.82, 2.24) is 0 Å². The normalized spacial score (nSPS) is 11.4. The number of anilines is 1. The number of sulfonamides is 1. The van der Waals surface area contributed by atoms with Crippen LogP contribution in [0.3, 0.4) is 0 Å². The van der Waals surface area contributed by atoms with E-state index in [1.54, 1.807) is 24.3 Å². The van der Waals surface area contributed by atoms with Crippen molar-refractivity contribution in [1.29, 1.82) is 0 Å². The molecule has 0 spiro atoms. The summed E-state index contributed by atoms with van der Waals surface area (Å²) in [4.78, 5) is 0. The highest BCUT2D eigenvalue weighted by Crippen LogP contribution is 2.48. The van der Waals surface area contributed by atoms with Crippen molar-refractivity contribution >= 4 is 15.9 Å². The summed E-state index contributed by atoms with van der Waals surface area (Å²) in [6.07, 6.45) is 0. The lowest BCUT2D eigenvalue weighted by Crippen LogP contribution is -2.27. The molecule has 0 amide bonds. The Bertz CT molecular complexity index is 781. The zero-order valence-corrected chi connectivity index (χ0v) is 13.2. The average Bonchev–Trinajstić information content (AvgIpc) is 2.82. The largest absolute Gasteiger partial charge is 0.502 e. The monoisotopic (exact) mass is 327 g/mol. The zero-order valence-electron chi connectivity index (χ0n) is 12.4. The SMILES string of the molecule is CCS(=O)(=O)N(C)c1oc(-c2ccccc2OC)c(O)c1O. The summed E-state index contributed by atoms with van der Waals surface area (Å²) >= 11 is 0. The molecular weight excluding hydrogens is 310 g/mol. The van der Waals surface area contributed by atoms with Crippen molar-refractivity contribution in [2.45, 2.75) is 6.92 Å². The highest BCUT2D eigenvalue weighted by atomic mass is 32.2. The molecular formula is C14H17NO6S. The second kappa shape index (κ2) is 5.80. The molecule has 0 aliphatic carbocycles. The Morgan fingerprint density at radius 3 is 2.45 bits per heavy atom. The number of para-hydroxylation sites is 1. The highest BCUT2D eigenvalue weighted by molar-refractivity contribution is 7.92. The van der Waals surface area contributed by atoms with Gasteiger partial charge in [0, 0.05) is 7.05 Å². The van der Waals surface area contributed by atoms with Gasteiger partial charge in [0.1, 0.15) is 5.75 Å². The summed E-state index contributed by atoms with van der Waals surface area (Å²) in [6.45, 7) is 1.47. The first-order chi connectivity index (χ1) is 10.3. The molecule has 8 heteroatoms. The van der Waals surface area contributed by atoms with E-state index < -0.39 is 21.5 Å². The maximum atomic E-state index is 11.9. The number of nitrogens with zero attached hydrogens (tertiary/aromatic N) is 1. The maximum Gasteiger partial charge on any atom is 0.256 e. The number of hydrogen-bond acceptors (Lipinski definition) is 6. The highest BCUT2D eigenvalue weighted by Gasteiger charge is 2.29. The molecule has 0 aliphatic heterocycles. The minimum Gasteiger partial charge on any atom is -0.502 e. The summed E-state index contributed by atoms with van der Waals surface area (Å²) in [5, 5.41) is 20.0. The Balaban J connectivity index is 2.60. The third-order valence-corrected chi connectivity index (χ3v) is 4.99.